The first-order chi connectivity index (χ1) is 9.06. The number of rotatable bonds is 2. The van der Waals surface area contributed by atoms with Gasteiger partial charge < -0.3 is 4.74 Å². The molecule has 0 saturated heterocycles. The Hall–Kier alpha value is -0.930. The summed E-state index contributed by atoms with van der Waals surface area (Å²) >= 11 is 11.8. The molecular formula is C14H17Cl2NO2. The minimum Gasteiger partial charge on any atom is -0.446 e. The van der Waals surface area contributed by atoms with E-state index in [1.807, 2.05) is 0 Å². The predicted molar refractivity (Wildman–Crippen MR) is 78.0 cm³/mol. The molecule has 1 fully saturated rings. The van der Waals surface area contributed by atoms with E-state index >= 15 is 0 Å². The number of carbonyl (C=O) groups is 1. The smallest absolute Gasteiger partial charge is 0.411 e. The van der Waals surface area contributed by atoms with Gasteiger partial charge in [0.25, 0.3) is 0 Å². The highest BCUT2D eigenvalue weighted by atomic mass is 35.5. The first-order valence-electron chi connectivity index (χ1n) is 6.49. The maximum atomic E-state index is 11.9. The normalized spacial score (nSPS) is 22.9. The Labute approximate surface area is 123 Å². The standard InChI is InChI=1S/C14H17Cl2NO2/c1-9-4-2-3-5-13(9)19-14(18)17-12-8-10(15)6-7-11(12)16/h6-9,13H,2-5H2,1H3,(H,17,18)/t9-,13+/m0/s1. The number of hydrogen-bond acceptors (Lipinski definition) is 2. The first kappa shape index (κ1) is 14.5. The highest BCUT2D eigenvalue weighted by Gasteiger charge is 2.24. The number of hydrogen-bond donors (Lipinski definition) is 1. The molecule has 1 saturated carbocycles. The Bertz CT molecular complexity index is 465. The lowest BCUT2D eigenvalue weighted by atomic mass is 9.88. The molecule has 1 aromatic carbocycles. The van der Waals surface area contributed by atoms with E-state index in [-0.39, 0.29) is 6.10 Å². The first-order valence-corrected chi connectivity index (χ1v) is 7.24. The molecule has 0 unspecified atom stereocenters. The summed E-state index contributed by atoms with van der Waals surface area (Å²) in [6.45, 7) is 2.11. The molecular weight excluding hydrogens is 285 g/mol. The van der Waals surface area contributed by atoms with Crippen LogP contribution in [0.4, 0.5) is 10.5 Å². The van der Waals surface area contributed by atoms with Gasteiger partial charge in [0.15, 0.2) is 0 Å². The predicted octanol–water partition coefficient (Wildman–Crippen LogP) is 5.12. The lowest BCUT2D eigenvalue weighted by molar-refractivity contribution is 0.0524. The fourth-order valence-electron chi connectivity index (χ4n) is 2.33. The van der Waals surface area contributed by atoms with Crippen molar-refractivity contribution in [2.45, 2.75) is 38.7 Å². The van der Waals surface area contributed by atoms with Crippen molar-refractivity contribution in [3.8, 4) is 0 Å². The number of carbonyl (C=O) groups excluding carboxylic acids is 1. The molecule has 3 nitrogen and oxygen atoms in total. The van der Waals surface area contributed by atoms with Gasteiger partial charge in [-0.2, -0.15) is 0 Å². The van der Waals surface area contributed by atoms with E-state index < -0.39 is 6.09 Å². The number of anilines is 1. The van der Waals surface area contributed by atoms with Gasteiger partial charge in [-0.15, -0.1) is 0 Å². The van der Waals surface area contributed by atoms with E-state index in [0.29, 0.717) is 21.7 Å². The molecule has 0 aliphatic heterocycles. The van der Waals surface area contributed by atoms with Crippen LogP contribution in [0, 0.1) is 5.92 Å². The molecule has 1 amide bonds. The number of amides is 1. The molecule has 1 N–H and O–H groups in total. The van der Waals surface area contributed by atoms with Gasteiger partial charge in [0.2, 0.25) is 0 Å². The zero-order valence-corrected chi connectivity index (χ0v) is 12.3. The summed E-state index contributed by atoms with van der Waals surface area (Å²) in [6, 6.07) is 4.92. The topological polar surface area (TPSA) is 38.3 Å². The van der Waals surface area contributed by atoms with Crippen molar-refractivity contribution in [1.29, 1.82) is 0 Å². The average Bonchev–Trinajstić information content (AvgIpc) is 2.37. The van der Waals surface area contributed by atoms with E-state index in [4.69, 9.17) is 27.9 Å². The molecule has 0 spiro atoms. The zero-order valence-electron chi connectivity index (χ0n) is 10.8. The lowest BCUT2D eigenvalue weighted by Gasteiger charge is -2.28. The molecule has 1 aliphatic carbocycles. The fourth-order valence-corrected chi connectivity index (χ4v) is 2.66. The summed E-state index contributed by atoms with van der Waals surface area (Å²) in [5.41, 5.74) is 0.475. The molecule has 0 aromatic heterocycles. The maximum Gasteiger partial charge on any atom is 0.411 e. The van der Waals surface area contributed by atoms with Crippen LogP contribution in [-0.4, -0.2) is 12.2 Å². The summed E-state index contributed by atoms with van der Waals surface area (Å²) in [4.78, 5) is 11.9. The molecule has 2 rings (SSSR count). The van der Waals surface area contributed by atoms with Crippen molar-refractivity contribution in [1.82, 2.24) is 0 Å². The molecule has 5 heteroatoms. The Morgan fingerprint density at radius 1 is 1.32 bits per heavy atom. The van der Waals surface area contributed by atoms with Crippen LogP contribution >= 0.6 is 23.2 Å². The van der Waals surface area contributed by atoms with Gasteiger partial charge in [0.05, 0.1) is 10.7 Å². The number of halogens is 2. The molecule has 1 aromatic rings. The third-order valence-corrected chi connectivity index (χ3v) is 4.02. The van der Waals surface area contributed by atoms with Crippen LogP contribution in [0.1, 0.15) is 32.6 Å². The van der Waals surface area contributed by atoms with Gasteiger partial charge in [0.1, 0.15) is 6.10 Å². The van der Waals surface area contributed by atoms with Crippen molar-refractivity contribution >= 4 is 35.0 Å². The van der Waals surface area contributed by atoms with Crippen molar-refractivity contribution < 1.29 is 9.53 Å². The Balaban J connectivity index is 1.95. The van der Waals surface area contributed by atoms with Gasteiger partial charge >= 0.3 is 6.09 Å². The van der Waals surface area contributed by atoms with Crippen LogP contribution in [0.2, 0.25) is 10.0 Å². The van der Waals surface area contributed by atoms with Gasteiger partial charge in [-0.05, 0) is 43.4 Å². The summed E-state index contributed by atoms with van der Waals surface area (Å²) in [6.07, 6.45) is 3.88. The van der Waals surface area contributed by atoms with E-state index in [2.05, 4.69) is 12.2 Å². The number of nitrogens with one attached hydrogen (secondary N) is 1. The lowest BCUT2D eigenvalue weighted by Crippen LogP contribution is -2.30. The van der Waals surface area contributed by atoms with Gasteiger partial charge in [-0.25, -0.2) is 4.79 Å². The van der Waals surface area contributed by atoms with Crippen LogP contribution in [0.3, 0.4) is 0 Å². The minimum absolute atomic E-state index is 0.00768. The van der Waals surface area contributed by atoms with Crippen molar-refractivity contribution in [3.05, 3.63) is 28.2 Å². The monoisotopic (exact) mass is 301 g/mol. The SMILES string of the molecule is C[C@H]1CCCC[C@H]1OC(=O)Nc1cc(Cl)ccc1Cl. The highest BCUT2D eigenvalue weighted by molar-refractivity contribution is 6.35. The Morgan fingerprint density at radius 3 is 2.79 bits per heavy atom. The van der Waals surface area contributed by atoms with Crippen LogP contribution in [0.15, 0.2) is 18.2 Å². The summed E-state index contributed by atoms with van der Waals surface area (Å²) < 4.78 is 5.45. The molecule has 19 heavy (non-hydrogen) atoms. The van der Waals surface area contributed by atoms with Crippen LogP contribution < -0.4 is 5.32 Å². The second kappa shape index (κ2) is 6.49. The second-order valence-corrected chi connectivity index (χ2v) is 5.80. The fraction of sp³-hybridized carbons (Fsp3) is 0.500. The summed E-state index contributed by atoms with van der Waals surface area (Å²) in [7, 11) is 0. The Morgan fingerprint density at radius 2 is 2.05 bits per heavy atom. The van der Waals surface area contributed by atoms with Crippen LogP contribution in [0.5, 0.6) is 0 Å². The Kier molecular flexibility index (Phi) is 4.94. The van der Waals surface area contributed by atoms with Crippen LogP contribution in [-0.2, 0) is 4.74 Å². The number of ether oxygens (including phenoxy) is 1. The third kappa shape index (κ3) is 4.02. The van der Waals surface area contributed by atoms with Crippen LogP contribution in [0.25, 0.3) is 0 Å². The zero-order chi connectivity index (χ0) is 13.8. The van der Waals surface area contributed by atoms with E-state index in [1.54, 1.807) is 18.2 Å². The molecule has 0 radical (unpaired) electrons. The van der Waals surface area contributed by atoms with Gasteiger partial charge in [0, 0.05) is 5.02 Å². The minimum atomic E-state index is -0.470. The summed E-state index contributed by atoms with van der Waals surface area (Å²) in [5, 5.41) is 3.60. The second-order valence-electron chi connectivity index (χ2n) is 4.95. The van der Waals surface area contributed by atoms with Gasteiger partial charge in [-0.1, -0.05) is 36.5 Å². The molecule has 104 valence electrons. The van der Waals surface area contributed by atoms with Crippen molar-refractivity contribution in [3.63, 3.8) is 0 Å². The van der Waals surface area contributed by atoms with E-state index in [9.17, 15) is 4.79 Å². The molecule has 0 bridgehead atoms. The van der Waals surface area contributed by atoms with Crippen molar-refractivity contribution in [2.24, 2.45) is 5.92 Å². The molecule has 0 heterocycles. The van der Waals surface area contributed by atoms with E-state index in [0.717, 1.165) is 19.3 Å². The number of benzene rings is 1. The van der Waals surface area contributed by atoms with Crippen molar-refractivity contribution in [2.75, 3.05) is 5.32 Å². The molecule has 2 atom stereocenters. The molecule has 1 aliphatic rings. The summed E-state index contributed by atoms with van der Waals surface area (Å²) in [5.74, 6) is 0.411. The highest BCUT2D eigenvalue weighted by Crippen LogP contribution is 2.28. The van der Waals surface area contributed by atoms with Gasteiger partial charge in [-0.3, -0.25) is 5.32 Å². The van der Waals surface area contributed by atoms with E-state index in [1.165, 1.54) is 6.42 Å². The largest absolute Gasteiger partial charge is 0.446 e. The third-order valence-electron chi connectivity index (χ3n) is 3.46. The maximum absolute atomic E-state index is 11.9. The average molecular weight is 302 g/mol. The quantitative estimate of drug-likeness (QED) is 0.823.